The van der Waals surface area contributed by atoms with Crippen molar-refractivity contribution < 1.29 is 23.8 Å². The van der Waals surface area contributed by atoms with Gasteiger partial charge in [-0.05, 0) is 35.7 Å². The normalized spacial score (nSPS) is 16.3. The lowest BCUT2D eigenvalue weighted by Gasteiger charge is -2.14. The van der Waals surface area contributed by atoms with Crippen LogP contribution in [-0.2, 0) is 16.0 Å². The number of cyclic esters (lactones) is 1. The minimum Gasteiger partial charge on any atom is -0.442 e. The number of hydrogen-bond acceptors (Lipinski definition) is 4. The maximum atomic E-state index is 14.6. The van der Waals surface area contributed by atoms with Gasteiger partial charge in [0, 0.05) is 19.1 Å². The molecular weight excluding hydrogens is 351 g/mol. The molecule has 0 saturated carbocycles. The van der Waals surface area contributed by atoms with Gasteiger partial charge in [0.15, 0.2) is 0 Å². The van der Waals surface area contributed by atoms with E-state index in [1.54, 1.807) is 24.3 Å². The maximum absolute atomic E-state index is 14.6. The fourth-order valence-electron chi connectivity index (χ4n) is 2.98. The van der Waals surface area contributed by atoms with Gasteiger partial charge in [0.25, 0.3) is 0 Å². The van der Waals surface area contributed by atoms with E-state index in [9.17, 15) is 14.0 Å². The van der Waals surface area contributed by atoms with E-state index in [4.69, 9.17) is 9.84 Å². The second-order valence-electron chi connectivity index (χ2n) is 6.39. The van der Waals surface area contributed by atoms with Crippen LogP contribution in [0.1, 0.15) is 12.5 Å². The van der Waals surface area contributed by atoms with Gasteiger partial charge in [-0.2, -0.15) is 0 Å². The molecule has 1 unspecified atom stereocenters. The van der Waals surface area contributed by atoms with Crippen molar-refractivity contribution in [2.24, 2.45) is 0 Å². The Morgan fingerprint density at radius 2 is 2.04 bits per heavy atom. The Morgan fingerprint density at radius 3 is 2.67 bits per heavy atom. The van der Waals surface area contributed by atoms with Crippen molar-refractivity contribution in [1.82, 2.24) is 5.32 Å². The number of carbonyl (C=O) groups is 2. The molecule has 0 radical (unpaired) electrons. The molecular formula is C20H21FN2O4. The Bertz CT molecular complexity index is 838. The molecule has 1 atom stereocenters. The monoisotopic (exact) mass is 372 g/mol. The van der Waals surface area contributed by atoms with Gasteiger partial charge < -0.3 is 15.2 Å². The summed E-state index contributed by atoms with van der Waals surface area (Å²) >= 11 is 0. The molecule has 0 aromatic heterocycles. The predicted molar refractivity (Wildman–Crippen MR) is 98.9 cm³/mol. The quantitative estimate of drug-likeness (QED) is 0.817. The van der Waals surface area contributed by atoms with Crippen LogP contribution in [0, 0.1) is 5.82 Å². The summed E-state index contributed by atoms with van der Waals surface area (Å²) in [6.07, 6.45) is -0.479. The van der Waals surface area contributed by atoms with Gasteiger partial charge in [-0.25, -0.2) is 9.18 Å². The third kappa shape index (κ3) is 4.43. The highest BCUT2D eigenvalue weighted by Crippen LogP contribution is 2.29. The van der Waals surface area contributed by atoms with E-state index in [0.717, 1.165) is 5.56 Å². The summed E-state index contributed by atoms with van der Waals surface area (Å²) in [6, 6.07) is 11.9. The molecule has 1 heterocycles. The number of ether oxygens (including phenoxy) is 1. The van der Waals surface area contributed by atoms with E-state index in [1.165, 1.54) is 17.9 Å². The first-order valence-corrected chi connectivity index (χ1v) is 8.70. The highest BCUT2D eigenvalue weighted by atomic mass is 19.1. The number of halogens is 1. The molecule has 1 fully saturated rings. The maximum Gasteiger partial charge on any atom is 0.414 e. The molecule has 0 bridgehead atoms. The van der Waals surface area contributed by atoms with Crippen LogP contribution in [0.4, 0.5) is 14.9 Å². The van der Waals surface area contributed by atoms with Crippen LogP contribution in [0.25, 0.3) is 11.1 Å². The fraction of sp³-hybridized carbons (Fsp3) is 0.300. The Hall–Kier alpha value is -2.93. The second kappa shape index (κ2) is 8.18. The van der Waals surface area contributed by atoms with Crippen molar-refractivity contribution in [3.05, 3.63) is 53.8 Å². The molecule has 1 saturated heterocycles. The topological polar surface area (TPSA) is 78.9 Å². The highest BCUT2D eigenvalue weighted by molar-refractivity contribution is 5.90. The van der Waals surface area contributed by atoms with Crippen LogP contribution in [0.3, 0.4) is 0 Å². The number of nitrogens with zero attached hydrogens (tertiary/aromatic N) is 1. The van der Waals surface area contributed by atoms with Gasteiger partial charge in [-0.3, -0.25) is 9.69 Å². The number of hydrogen-bond donors (Lipinski definition) is 2. The van der Waals surface area contributed by atoms with Crippen molar-refractivity contribution in [2.75, 3.05) is 24.6 Å². The van der Waals surface area contributed by atoms with E-state index in [-0.39, 0.29) is 25.6 Å². The molecule has 6 nitrogen and oxygen atoms in total. The summed E-state index contributed by atoms with van der Waals surface area (Å²) < 4.78 is 19.8. The zero-order valence-corrected chi connectivity index (χ0v) is 14.9. The van der Waals surface area contributed by atoms with Gasteiger partial charge >= 0.3 is 6.09 Å². The summed E-state index contributed by atoms with van der Waals surface area (Å²) in [5.41, 5.74) is 2.52. The van der Waals surface area contributed by atoms with Gasteiger partial charge in [-0.15, -0.1) is 0 Å². The van der Waals surface area contributed by atoms with E-state index in [0.29, 0.717) is 23.2 Å². The first-order valence-electron chi connectivity index (χ1n) is 8.70. The number of aliphatic hydroxyl groups is 1. The molecule has 3 rings (SSSR count). The van der Waals surface area contributed by atoms with Gasteiger partial charge in [0.05, 0.1) is 18.8 Å². The smallest absolute Gasteiger partial charge is 0.414 e. The molecule has 2 amide bonds. The molecule has 0 spiro atoms. The van der Waals surface area contributed by atoms with Crippen molar-refractivity contribution in [2.45, 2.75) is 19.4 Å². The number of aliphatic hydroxyl groups excluding tert-OH is 1. The van der Waals surface area contributed by atoms with Gasteiger partial charge in [0.2, 0.25) is 5.91 Å². The van der Waals surface area contributed by atoms with Gasteiger partial charge in [0.1, 0.15) is 11.9 Å². The average molecular weight is 372 g/mol. The minimum absolute atomic E-state index is 0.0667. The minimum atomic E-state index is -0.564. The molecule has 2 N–H and O–H groups in total. The molecule has 2 aromatic carbocycles. The van der Waals surface area contributed by atoms with Crippen LogP contribution in [0.15, 0.2) is 42.5 Å². The van der Waals surface area contributed by atoms with E-state index in [1.807, 2.05) is 12.1 Å². The summed E-state index contributed by atoms with van der Waals surface area (Å²) in [6.45, 7) is 1.92. The zero-order valence-electron chi connectivity index (χ0n) is 14.9. The summed E-state index contributed by atoms with van der Waals surface area (Å²) in [4.78, 5) is 24.4. The Labute approximate surface area is 156 Å². The van der Waals surface area contributed by atoms with Crippen LogP contribution in [0.5, 0.6) is 0 Å². The van der Waals surface area contributed by atoms with Crippen molar-refractivity contribution in [3.63, 3.8) is 0 Å². The standard InChI is InChI=1S/C20H21FN2O4/c1-13(25)22-11-17-12-23(20(26)27-17)16-6-7-18(19(21)10-16)15-4-2-14(3-5-15)8-9-24/h2-7,10,17,24H,8-9,11-12H2,1H3,(H,22,25). The summed E-state index contributed by atoms with van der Waals surface area (Å²) in [5, 5.41) is 11.6. The first kappa shape index (κ1) is 18.8. The molecule has 1 aliphatic heterocycles. The van der Waals surface area contributed by atoms with Crippen LogP contribution in [0.2, 0.25) is 0 Å². The Morgan fingerprint density at radius 1 is 1.30 bits per heavy atom. The number of anilines is 1. The number of nitrogens with one attached hydrogen (secondary N) is 1. The number of rotatable bonds is 6. The zero-order chi connectivity index (χ0) is 19.4. The van der Waals surface area contributed by atoms with E-state index >= 15 is 0 Å². The predicted octanol–water partition coefficient (Wildman–Crippen LogP) is 2.49. The average Bonchev–Trinajstić information content (AvgIpc) is 3.02. The molecule has 27 heavy (non-hydrogen) atoms. The van der Waals surface area contributed by atoms with Crippen molar-refractivity contribution >= 4 is 17.7 Å². The fourth-order valence-corrected chi connectivity index (χ4v) is 2.98. The highest BCUT2D eigenvalue weighted by Gasteiger charge is 2.32. The second-order valence-corrected chi connectivity index (χ2v) is 6.39. The SMILES string of the molecule is CC(=O)NCC1CN(c2ccc(-c3ccc(CCO)cc3)c(F)c2)C(=O)O1. The van der Waals surface area contributed by atoms with Crippen LogP contribution >= 0.6 is 0 Å². The van der Waals surface area contributed by atoms with Crippen molar-refractivity contribution in [1.29, 1.82) is 0 Å². The van der Waals surface area contributed by atoms with Crippen molar-refractivity contribution in [3.8, 4) is 11.1 Å². The largest absolute Gasteiger partial charge is 0.442 e. The van der Waals surface area contributed by atoms with Gasteiger partial charge in [-0.1, -0.05) is 24.3 Å². The lowest BCUT2D eigenvalue weighted by Crippen LogP contribution is -2.33. The molecule has 7 heteroatoms. The van der Waals surface area contributed by atoms with E-state index < -0.39 is 18.0 Å². The number of carbonyl (C=O) groups excluding carboxylic acids is 2. The third-order valence-electron chi connectivity index (χ3n) is 4.38. The van der Waals surface area contributed by atoms with Crippen LogP contribution in [-0.4, -0.2) is 42.9 Å². The number of amides is 2. The third-order valence-corrected chi connectivity index (χ3v) is 4.38. The molecule has 2 aromatic rings. The summed E-state index contributed by atoms with van der Waals surface area (Å²) in [5.74, 6) is -0.648. The Balaban J connectivity index is 1.74. The number of benzene rings is 2. The van der Waals surface area contributed by atoms with Crippen LogP contribution < -0.4 is 10.2 Å². The molecule has 142 valence electrons. The lowest BCUT2D eigenvalue weighted by atomic mass is 10.0. The summed E-state index contributed by atoms with van der Waals surface area (Å²) in [7, 11) is 0. The first-order chi connectivity index (χ1) is 13.0. The van der Waals surface area contributed by atoms with E-state index in [2.05, 4.69) is 5.32 Å². The molecule has 0 aliphatic carbocycles. The lowest BCUT2D eigenvalue weighted by molar-refractivity contribution is -0.119. The molecule has 1 aliphatic rings. The Kier molecular flexibility index (Phi) is 5.71.